The third kappa shape index (κ3) is 3.55. The Hall–Kier alpha value is -1.90. The molecule has 0 radical (unpaired) electrons. The molecule has 2 unspecified atom stereocenters. The van der Waals surface area contributed by atoms with Crippen molar-refractivity contribution in [3.8, 4) is 6.07 Å². The van der Waals surface area contributed by atoms with Crippen LogP contribution in [-0.4, -0.2) is 29.4 Å². The van der Waals surface area contributed by atoms with Crippen LogP contribution in [0.4, 0.5) is 0 Å². The van der Waals surface area contributed by atoms with Gasteiger partial charge in [-0.1, -0.05) is 24.3 Å². The van der Waals surface area contributed by atoms with Crippen LogP contribution in [0.3, 0.4) is 0 Å². The number of methoxy groups -OCH3 is 1. The van der Waals surface area contributed by atoms with Crippen LogP contribution in [-0.2, 0) is 16.0 Å². The van der Waals surface area contributed by atoms with Gasteiger partial charge in [0.15, 0.2) is 0 Å². The molecule has 0 heterocycles. The zero-order chi connectivity index (χ0) is 13.5. The third-order valence-electron chi connectivity index (χ3n) is 2.61. The monoisotopic (exact) mass is 249 g/mol. The van der Waals surface area contributed by atoms with Gasteiger partial charge in [-0.05, 0) is 11.1 Å². The topological polar surface area (TPSA) is 90.6 Å². The van der Waals surface area contributed by atoms with Crippen LogP contribution in [0.2, 0.25) is 0 Å². The van der Waals surface area contributed by atoms with Crippen molar-refractivity contribution in [3.63, 3.8) is 0 Å². The van der Waals surface area contributed by atoms with E-state index in [1.54, 1.807) is 24.3 Å². The Morgan fingerprint density at radius 1 is 1.44 bits per heavy atom. The molecule has 0 saturated heterocycles. The van der Waals surface area contributed by atoms with Gasteiger partial charge in [0.05, 0.1) is 32.1 Å². The summed E-state index contributed by atoms with van der Waals surface area (Å²) in [7, 11) is 1.21. The van der Waals surface area contributed by atoms with Crippen molar-refractivity contribution in [2.75, 3.05) is 7.11 Å². The van der Waals surface area contributed by atoms with E-state index >= 15 is 0 Å². The van der Waals surface area contributed by atoms with E-state index in [-0.39, 0.29) is 12.8 Å². The molecule has 96 valence electrons. The van der Waals surface area contributed by atoms with E-state index in [9.17, 15) is 15.0 Å². The number of nitriles is 1. The highest BCUT2D eigenvalue weighted by Gasteiger charge is 2.23. The normalized spacial score (nSPS) is 13.4. The Morgan fingerprint density at radius 3 is 2.72 bits per heavy atom. The van der Waals surface area contributed by atoms with E-state index in [1.807, 2.05) is 6.07 Å². The lowest BCUT2D eigenvalue weighted by atomic mass is 9.96. The highest BCUT2D eigenvalue weighted by molar-refractivity contribution is 5.69. The lowest BCUT2D eigenvalue weighted by Crippen LogP contribution is -2.23. The largest absolute Gasteiger partial charge is 0.469 e. The molecule has 1 aromatic rings. The van der Waals surface area contributed by atoms with Crippen LogP contribution in [0, 0.1) is 11.3 Å². The van der Waals surface area contributed by atoms with Gasteiger partial charge in [-0.3, -0.25) is 4.79 Å². The van der Waals surface area contributed by atoms with Crippen LogP contribution in [0.25, 0.3) is 0 Å². The first kappa shape index (κ1) is 14.2. The van der Waals surface area contributed by atoms with Gasteiger partial charge in [0, 0.05) is 0 Å². The van der Waals surface area contributed by atoms with Gasteiger partial charge in [0.2, 0.25) is 0 Å². The number of carbonyl (C=O) groups excluding carboxylic acids is 1. The molecule has 0 aliphatic heterocycles. The Kier molecular flexibility index (Phi) is 5.31. The predicted molar refractivity (Wildman–Crippen MR) is 63.4 cm³/mol. The molecular weight excluding hydrogens is 234 g/mol. The van der Waals surface area contributed by atoms with E-state index in [1.165, 1.54) is 7.11 Å². The minimum Gasteiger partial charge on any atom is -0.469 e. The summed E-state index contributed by atoms with van der Waals surface area (Å²) in [4.78, 5) is 11.0. The van der Waals surface area contributed by atoms with Crippen molar-refractivity contribution < 1.29 is 19.7 Å². The molecule has 0 bridgehead atoms. The molecule has 0 spiro atoms. The Bertz CT molecular complexity index is 453. The molecule has 0 fully saturated rings. The second-order valence-electron chi connectivity index (χ2n) is 3.83. The van der Waals surface area contributed by atoms with Crippen molar-refractivity contribution in [1.82, 2.24) is 0 Å². The van der Waals surface area contributed by atoms with Gasteiger partial charge in [-0.2, -0.15) is 5.26 Å². The minimum absolute atomic E-state index is 0.137. The summed E-state index contributed by atoms with van der Waals surface area (Å²) in [5, 5.41) is 28.4. The Labute approximate surface area is 105 Å². The SMILES string of the molecule is COC(=O)CC(O)C(O)c1ccccc1CC#N. The van der Waals surface area contributed by atoms with Gasteiger partial charge >= 0.3 is 5.97 Å². The fourth-order valence-electron chi connectivity index (χ4n) is 1.64. The maximum Gasteiger partial charge on any atom is 0.308 e. The van der Waals surface area contributed by atoms with Gasteiger partial charge in [-0.25, -0.2) is 0 Å². The first-order chi connectivity index (χ1) is 8.60. The summed E-state index contributed by atoms with van der Waals surface area (Å²) >= 11 is 0. The molecule has 5 heteroatoms. The van der Waals surface area contributed by atoms with Crippen LogP contribution in [0.15, 0.2) is 24.3 Å². The maximum atomic E-state index is 11.0. The molecular formula is C13H15NO4. The number of benzene rings is 1. The van der Waals surface area contributed by atoms with E-state index in [4.69, 9.17) is 5.26 Å². The number of esters is 1. The maximum absolute atomic E-state index is 11.0. The summed E-state index contributed by atoms with van der Waals surface area (Å²) in [6.45, 7) is 0. The molecule has 0 aliphatic rings. The molecule has 0 aromatic heterocycles. The number of aliphatic hydroxyl groups excluding tert-OH is 2. The van der Waals surface area contributed by atoms with Crippen LogP contribution >= 0.6 is 0 Å². The second-order valence-corrected chi connectivity index (χ2v) is 3.83. The van der Waals surface area contributed by atoms with Gasteiger partial charge in [-0.15, -0.1) is 0 Å². The fraction of sp³-hybridized carbons (Fsp3) is 0.385. The van der Waals surface area contributed by atoms with E-state index in [2.05, 4.69) is 4.74 Å². The molecule has 2 N–H and O–H groups in total. The number of ether oxygens (including phenoxy) is 1. The molecule has 0 saturated carbocycles. The summed E-state index contributed by atoms with van der Waals surface area (Å²) in [5.41, 5.74) is 1.09. The van der Waals surface area contributed by atoms with E-state index < -0.39 is 18.2 Å². The molecule has 0 aliphatic carbocycles. The third-order valence-corrected chi connectivity index (χ3v) is 2.61. The van der Waals surface area contributed by atoms with Crippen molar-refractivity contribution in [1.29, 1.82) is 5.26 Å². The summed E-state index contributed by atoms with van der Waals surface area (Å²) in [5.74, 6) is -0.598. The number of rotatable bonds is 5. The first-order valence-electron chi connectivity index (χ1n) is 5.47. The quantitative estimate of drug-likeness (QED) is 0.750. The standard InChI is InChI=1S/C13H15NO4/c1-18-12(16)8-11(15)13(17)10-5-3-2-4-9(10)6-7-14/h2-5,11,13,15,17H,6,8H2,1H3. The second kappa shape index (κ2) is 6.74. The summed E-state index contributed by atoms with van der Waals surface area (Å²) < 4.78 is 4.42. The van der Waals surface area contributed by atoms with Gasteiger partial charge < -0.3 is 14.9 Å². The zero-order valence-electron chi connectivity index (χ0n) is 10.0. The molecule has 18 heavy (non-hydrogen) atoms. The lowest BCUT2D eigenvalue weighted by Gasteiger charge is -2.19. The van der Waals surface area contributed by atoms with Crippen molar-refractivity contribution in [3.05, 3.63) is 35.4 Å². The molecule has 2 atom stereocenters. The average Bonchev–Trinajstić information content (AvgIpc) is 2.38. The van der Waals surface area contributed by atoms with E-state index in [0.717, 1.165) is 0 Å². The zero-order valence-corrected chi connectivity index (χ0v) is 10.0. The van der Waals surface area contributed by atoms with E-state index in [0.29, 0.717) is 11.1 Å². The van der Waals surface area contributed by atoms with Crippen LogP contribution in [0.1, 0.15) is 23.7 Å². The Balaban J connectivity index is 2.86. The fourth-order valence-corrected chi connectivity index (χ4v) is 1.64. The van der Waals surface area contributed by atoms with Crippen molar-refractivity contribution >= 4 is 5.97 Å². The van der Waals surface area contributed by atoms with Crippen molar-refractivity contribution in [2.24, 2.45) is 0 Å². The number of aliphatic hydroxyl groups is 2. The average molecular weight is 249 g/mol. The molecule has 1 rings (SSSR count). The predicted octanol–water partition coefficient (Wildman–Crippen LogP) is 0.710. The van der Waals surface area contributed by atoms with Crippen molar-refractivity contribution in [2.45, 2.75) is 25.0 Å². The minimum atomic E-state index is -1.25. The summed E-state index contributed by atoms with van der Waals surface area (Å²) in [6, 6.07) is 8.75. The lowest BCUT2D eigenvalue weighted by molar-refractivity contribution is -0.144. The number of nitrogens with zero attached hydrogens (tertiary/aromatic N) is 1. The highest BCUT2D eigenvalue weighted by Crippen LogP contribution is 2.23. The molecule has 1 aromatic carbocycles. The molecule has 5 nitrogen and oxygen atoms in total. The number of hydrogen-bond acceptors (Lipinski definition) is 5. The summed E-state index contributed by atoms with van der Waals surface area (Å²) in [6.07, 6.45) is -2.62. The van der Waals surface area contributed by atoms with Gasteiger partial charge in [0.25, 0.3) is 0 Å². The van der Waals surface area contributed by atoms with Crippen LogP contribution in [0.5, 0.6) is 0 Å². The van der Waals surface area contributed by atoms with Gasteiger partial charge in [0.1, 0.15) is 6.10 Å². The Morgan fingerprint density at radius 2 is 2.11 bits per heavy atom. The smallest absolute Gasteiger partial charge is 0.308 e. The van der Waals surface area contributed by atoms with Crippen LogP contribution < -0.4 is 0 Å². The first-order valence-corrected chi connectivity index (χ1v) is 5.47. The highest BCUT2D eigenvalue weighted by atomic mass is 16.5. The number of hydrogen-bond donors (Lipinski definition) is 2. The molecule has 0 amide bonds. The number of carbonyl (C=O) groups is 1.